The molecule has 7 nitrogen and oxygen atoms in total. The molecule has 4 fully saturated rings. The minimum absolute atomic E-state index is 0.0103. The molecule has 4 N–H and O–H groups in total. The minimum Gasteiger partial charge on any atom is -0.454 e. The molecule has 1 aromatic rings. The van der Waals surface area contributed by atoms with Crippen molar-refractivity contribution in [3.8, 4) is 0 Å². The highest BCUT2D eigenvalue weighted by atomic mass is 16.5. The predicted octanol–water partition coefficient (Wildman–Crippen LogP) is 5.84. The minimum atomic E-state index is -0.710. The summed E-state index contributed by atoms with van der Waals surface area (Å²) in [5.41, 5.74) is 2.19. The molecule has 0 aliphatic heterocycles. The molecule has 9 atom stereocenters. The number of carbonyl (C=O) groups is 2. The fourth-order valence-electron chi connectivity index (χ4n) is 9.73. The lowest BCUT2D eigenvalue weighted by atomic mass is 9.58. The highest BCUT2D eigenvalue weighted by molar-refractivity contribution is 5.90. The van der Waals surface area contributed by atoms with E-state index in [0.717, 1.165) is 18.8 Å². The van der Waals surface area contributed by atoms with Gasteiger partial charge >= 0.3 is 5.91 Å². The van der Waals surface area contributed by atoms with Crippen molar-refractivity contribution < 1.29 is 24.3 Å². The van der Waals surface area contributed by atoms with Crippen molar-refractivity contribution in [2.45, 2.75) is 110 Å². The number of furan rings is 1. The van der Waals surface area contributed by atoms with Crippen LogP contribution in [0.15, 0.2) is 16.5 Å². The topological polar surface area (TPSA) is 112 Å². The summed E-state index contributed by atoms with van der Waals surface area (Å²) in [4.78, 5) is 24.1. The molecule has 2 amide bonds. The summed E-state index contributed by atoms with van der Waals surface area (Å²) in [6.07, 6.45) is 13.7. The highest BCUT2D eigenvalue weighted by Gasteiger charge is 2.58. The van der Waals surface area contributed by atoms with E-state index in [4.69, 9.17) is 9.62 Å². The van der Waals surface area contributed by atoms with Crippen LogP contribution < -0.4 is 10.8 Å². The van der Waals surface area contributed by atoms with Crippen molar-refractivity contribution in [3.63, 3.8) is 0 Å². The van der Waals surface area contributed by atoms with E-state index >= 15 is 0 Å². The Labute approximate surface area is 227 Å². The number of nitrogens with one attached hydrogen (secondary N) is 2. The lowest BCUT2D eigenvalue weighted by Crippen LogP contribution is -2.40. The van der Waals surface area contributed by atoms with E-state index in [1.165, 1.54) is 63.9 Å². The number of aliphatic hydroxyl groups is 1. The van der Waals surface area contributed by atoms with Gasteiger partial charge in [-0.1, -0.05) is 33.6 Å². The standard InChI is InChI=1S/C31H48N2O5/c1-19(7-12-28(35)32-18-22-8-11-27(38-22)29(36)33-37)24-9-10-25-23-16-21(13-15-31(24,25)3)30(2)14-5-4-6-20(30)17-26(23)34/h8,11,19-21,23-26,34,37H,4-7,9-10,12-18H2,1-3H3,(H,32,35)(H,33,36)/t19-,20?,21?,23?,24?,25?,26?,30?,31?/m1/s1. The molecule has 1 heterocycles. The fraction of sp³-hybridized carbons (Fsp3) is 0.806. The van der Waals surface area contributed by atoms with Gasteiger partial charge in [-0.15, -0.1) is 0 Å². The van der Waals surface area contributed by atoms with Crippen LogP contribution in [-0.4, -0.2) is 28.2 Å². The Morgan fingerprint density at radius 2 is 1.84 bits per heavy atom. The lowest BCUT2D eigenvalue weighted by Gasteiger charge is -2.47. The number of carbonyl (C=O) groups excluding carboxylic acids is 2. The first-order valence-electron chi connectivity index (χ1n) is 15.1. The quantitative estimate of drug-likeness (QED) is 0.262. The molecule has 2 bridgehead atoms. The van der Waals surface area contributed by atoms with Crippen molar-refractivity contribution in [2.75, 3.05) is 0 Å². The van der Waals surface area contributed by atoms with Gasteiger partial charge in [0, 0.05) is 6.42 Å². The van der Waals surface area contributed by atoms with Crippen LogP contribution in [0.1, 0.15) is 114 Å². The first-order chi connectivity index (χ1) is 18.2. The molecule has 0 saturated heterocycles. The van der Waals surface area contributed by atoms with Crippen LogP contribution >= 0.6 is 0 Å². The first kappa shape index (κ1) is 27.7. The molecular weight excluding hydrogens is 480 g/mol. The molecule has 1 aromatic heterocycles. The molecule has 0 aromatic carbocycles. The van der Waals surface area contributed by atoms with Gasteiger partial charge in [-0.05, 0) is 116 Å². The molecule has 8 unspecified atom stereocenters. The number of aliphatic hydroxyl groups excluding tert-OH is 1. The summed E-state index contributed by atoms with van der Waals surface area (Å²) >= 11 is 0. The number of hydrogen-bond acceptors (Lipinski definition) is 5. The first-order valence-corrected chi connectivity index (χ1v) is 15.1. The monoisotopic (exact) mass is 528 g/mol. The zero-order valence-corrected chi connectivity index (χ0v) is 23.5. The van der Waals surface area contributed by atoms with Crippen LogP contribution in [-0.2, 0) is 11.3 Å². The number of hydrogen-bond donors (Lipinski definition) is 4. The number of rotatable bonds is 7. The molecule has 0 spiro atoms. The van der Waals surface area contributed by atoms with Gasteiger partial charge in [-0.25, -0.2) is 5.48 Å². The van der Waals surface area contributed by atoms with Crippen LogP contribution in [0.2, 0.25) is 0 Å². The summed E-state index contributed by atoms with van der Waals surface area (Å²) in [6, 6.07) is 3.10. The van der Waals surface area contributed by atoms with Crippen molar-refractivity contribution in [1.82, 2.24) is 10.8 Å². The van der Waals surface area contributed by atoms with Crippen LogP contribution in [0.5, 0.6) is 0 Å². The third kappa shape index (κ3) is 5.05. The average molecular weight is 529 g/mol. The van der Waals surface area contributed by atoms with Crippen molar-refractivity contribution in [3.05, 3.63) is 23.7 Å². The number of amides is 2. The molecular formula is C31H48N2O5. The Hall–Kier alpha value is -1.86. The molecule has 212 valence electrons. The fourth-order valence-corrected chi connectivity index (χ4v) is 9.73. The van der Waals surface area contributed by atoms with Crippen molar-refractivity contribution in [2.24, 2.45) is 46.3 Å². The van der Waals surface area contributed by atoms with Crippen molar-refractivity contribution >= 4 is 11.8 Å². The van der Waals surface area contributed by atoms with Crippen LogP contribution in [0.25, 0.3) is 0 Å². The maximum atomic E-state index is 12.6. The van der Waals surface area contributed by atoms with E-state index in [9.17, 15) is 14.7 Å². The molecule has 7 heteroatoms. The second-order valence-corrected chi connectivity index (χ2v) is 13.7. The van der Waals surface area contributed by atoms with Gasteiger partial charge in [0.1, 0.15) is 5.76 Å². The normalized spacial score (nSPS) is 39.3. The molecule has 4 saturated carbocycles. The van der Waals surface area contributed by atoms with E-state index in [1.807, 2.05) is 0 Å². The van der Waals surface area contributed by atoms with E-state index in [2.05, 4.69) is 26.1 Å². The Morgan fingerprint density at radius 1 is 1.05 bits per heavy atom. The van der Waals surface area contributed by atoms with Gasteiger partial charge in [-0.2, -0.15) is 0 Å². The summed E-state index contributed by atoms with van der Waals surface area (Å²) in [5, 5.41) is 23.2. The molecule has 0 radical (unpaired) electrons. The van der Waals surface area contributed by atoms with Crippen LogP contribution in [0.4, 0.5) is 0 Å². The summed E-state index contributed by atoms with van der Waals surface area (Å²) < 4.78 is 5.36. The maximum absolute atomic E-state index is 12.6. The number of fused-ring (bicyclic) bond motifs is 6. The third-order valence-electron chi connectivity index (χ3n) is 12.0. The summed E-state index contributed by atoms with van der Waals surface area (Å²) in [6.45, 7) is 7.63. The Balaban J connectivity index is 1.19. The Bertz CT molecular complexity index is 1010. The second kappa shape index (κ2) is 11.0. The third-order valence-corrected chi connectivity index (χ3v) is 12.0. The molecule has 5 rings (SSSR count). The lowest BCUT2D eigenvalue weighted by molar-refractivity contribution is -0.121. The Morgan fingerprint density at radius 3 is 2.63 bits per heavy atom. The summed E-state index contributed by atoms with van der Waals surface area (Å²) in [5.74, 6) is 3.27. The summed E-state index contributed by atoms with van der Waals surface area (Å²) in [7, 11) is 0. The molecule has 4 aliphatic rings. The van der Waals surface area contributed by atoms with E-state index < -0.39 is 5.91 Å². The van der Waals surface area contributed by atoms with Gasteiger partial charge in [-0.3, -0.25) is 14.8 Å². The van der Waals surface area contributed by atoms with E-state index in [0.29, 0.717) is 47.2 Å². The van der Waals surface area contributed by atoms with Crippen LogP contribution in [0, 0.1) is 46.3 Å². The molecule has 38 heavy (non-hydrogen) atoms. The number of hydroxylamine groups is 1. The average Bonchev–Trinajstić information content (AvgIpc) is 3.45. The second-order valence-electron chi connectivity index (χ2n) is 13.7. The molecule has 4 aliphatic carbocycles. The van der Waals surface area contributed by atoms with Crippen LogP contribution in [0.3, 0.4) is 0 Å². The van der Waals surface area contributed by atoms with Gasteiger partial charge in [0.05, 0.1) is 12.6 Å². The van der Waals surface area contributed by atoms with E-state index in [1.54, 1.807) is 11.5 Å². The van der Waals surface area contributed by atoms with E-state index in [-0.39, 0.29) is 29.7 Å². The SMILES string of the molecule is C[C@H](CCC(=O)NCc1ccc(C(=O)NO)o1)C1CCC2C3CC(CCC21C)C1(C)CCCCC1CC3O. The zero-order chi connectivity index (χ0) is 27.1. The van der Waals surface area contributed by atoms with Gasteiger partial charge in [0.2, 0.25) is 5.91 Å². The van der Waals surface area contributed by atoms with Gasteiger partial charge in [0.15, 0.2) is 5.76 Å². The highest BCUT2D eigenvalue weighted by Crippen LogP contribution is 2.65. The van der Waals surface area contributed by atoms with Gasteiger partial charge in [0.25, 0.3) is 0 Å². The smallest absolute Gasteiger partial charge is 0.310 e. The Kier molecular flexibility index (Phi) is 7.99. The predicted molar refractivity (Wildman–Crippen MR) is 144 cm³/mol. The maximum Gasteiger partial charge on any atom is 0.310 e. The van der Waals surface area contributed by atoms with Crippen molar-refractivity contribution in [1.29, 1.82) is 0 Å². The van der Waals surface area contributed by atoms with Gasteiger partial charge < -0.3 is 14.8 Å². The zero-order valence-electron chi connectivity index (χ0n) is 23.5. The largest absolute Gasteiger partial charge is 0.454 e.